The summed E-state index contributed by atoms with van der Waals surface area (Å²) in [6.45, 7) is 0. The summed E-state index contributed by atoms with van der Waals surface area (Å²) in [4.78, 5) is 12.1. The van der Waals surface area contributed by atoms with E-state index in [0.717, 1.165) is 16.2 Å². The average molecular weight is 247 g/mol. The van der Waals surface area contributed by atoms with Crippen molar-refractivity contribution in [2.24, 2.45) is 5.73 Å². The molecule has 0 radical (unpaired) electrons. The number of ether oxygens (including phenoxy) is 1. The molecule has 0 fully saturated rings. The van der Waals surface area contributed by atoms with Crippen LogP contribution >= 0.6 is 11.8 Å². The lowest BCUT2D eigenvalue weighted by Gasteiger charge is -2.12. The van der Waals surface area contributed by atoms with Crippen molar-refractivity contribution < 1.29 is 9.53 Å². The van der Waals surface area contributed by atoms with Crippen LogP contribution < -0.4 is 10.5 Å². The zero-order valence-corrected chi connectivity index (χ0v) is 10.3. The lowest BCUT2D eigenvalue weighted by Crippen LogP contribution is -2.16. The molecule has 4 heteroatoms. The van der Waals surface area contributed by atoms with Crippen molar-refractivity contribution in [3.05, 3.63) is 47.6 Å². The fraction of sp³-hybridized carbons (Fsp3) is 0.154. The summed E-state index contributed by atoms with van der Waals surface area (Å²) < 4.78 is 5.11. The van der Waals surface area contributed by atoms with E-state index in [1.807, 2.05) is 30.3 Å². The van der Waals surface area contributed by atoms with Gasteiger partial charge in [-0.3, -0.25) is 4.79 Å². The van der Waals surface area contributed by atoms with E-state index in [2.05, 4.69) is 0 Å². The molecule has 0 saturated carbocycles. The summed E-state index contributed by atoms with van der Waals surface area (Å²) in [5, 5.41) is 0. The number of thioether (sulfide) groups is 1. The lowest BCUT2D eigenvalue weighted by atomic mass is 10.1. The smallest absolute Gasteiger partial charge is 0.245 e. The zero-order valence-electron chi connectivity index (χ0n) is 9.47. The molecule has 1 amide bonds. The molecular formula is C13H13NO2S. The maximum absolute atomic E-state index is 11.0. The highest BCUT2D eigenvalue weighted by Crippen LogP contribution is 2.33. The number of methoxy groups -OCH3 is 1. The Balaban J connectivity index is 2.21. The van der Waals surface area contributed by atoms with Crippen molar-refractivity contribution >= 4 is 22.6 Å². The molecule has 0 saturated heterocycles. The van der Waals surface area contributed by atoms with Gasteiger partial charge in [0.25, 0.3) is 0 Å². The minimum Gasteiger partial charge on any atom is -0.497 e. The van der Waals surface area contributed by atoms with Gasteiger partial charge in [-0.1, -0.05) is 18.2 Å². The SMILES string of the molecule is COc1ccc(C2=CC=C(C(N)=O)CS2)cc1. The van der Waals surface area contributed by atoms with Gasteiger partial charge in [0.2, 0.25) is 5.91 Å². The van der Waals surface area contributed by atoms with Crippen molar-refractivity contribution in [3.63, 3.8) is 0 Å². The topological polar surface area (TPSA) is 52.3 Å². The highest BCUT2D eigenvalue weighted by atomic mass is 32.2. The molecule has 3 nitrogen and oxygen atoms in total. The molecule has 1 aliphatic rings. The van der Waals surface area contributed by atoms with Crippen LogP contribution in [0.15, 0.2) is 42.0 Å². The Labute approximate surface area is 104 Å². The molecule has 0 aromatic heterocycles. The molecule has 0 aliphatic carbocycles. The summed E-state index contributed by atoms with van der Waals surface area (Å²) in [5.74, 6) is 1.12. The predicted molar refractivity (Wildman–Crippen MR) is 70.7 cm³/mol. The molecule has 1 aromatic rings. The second-order valence-corrected chi connectivity index (χ2v) is 4.62. The van der Waals surface area contributed by atoms with Gasteiger partial charge in [0.05, 0.1) is 7.11 Å². The van der Waals surface area contributed by atoms with E-state index in [0.29, 0.717) is 11.3 Å². The van der Waals surface area contributed by atoms with Crippen LogP contribution in [0.25, 0.3) is 4.91 Å². The van der Waals surface area contributed by atoms with Gasteiger partial charge in [-0.2, -0.15) is 0 Å². The number of nitrogens with two attached hydrogens (primary N) is 1. The Morgan fingerprint density at radius 3 is 2.47 bits per heavy atom. The lowest BCUT2D eigenvalue weighted by molar-refractivity contribution is -0.114. The Kier molecular flexibility index (Phi) is 3.54. The second kappa shape index (κ2) is 5.10. The van der Waals surface area contributed by atoms with E-state index in [1.54, 1.807) is 24.9 Å². The third kappa shape index (κ3) is 2.71. The van der Waals surface area contributed by atoms with Gasteiger partial charge in [0.1, 0.15) is 5.75 Å². The molecule has 0 unspecified atom stereocenters. The number of carbonyl (C=O) groups excluding carboxylic acids is 1. The molecule has 1 aliphatic heterocycles. The van der Waals surface area contributed by atoms with Gasteiger partial charge in [-0.25, -0.2) is 0 Å². The van der Waals surface area contributed by atoms with Crippen LogP contribution in [-0.4, -0.2) is 18.8 Å². The van der Waals surface area contributed by atoms with E-state index < -0.39 is 0 Å². The van der Waals surface area contributed by atoms with Gasteiger partial charge in [0.15, 0.2) is 0 Å². The van der Waals surface area contributed by atoms with Crippen molar-refractivity contribution in [1.82, 2.24) is 0 Å². The minimum atomic E-state index is -0.345. The van der Waals surface area contributed by atoms with Gasteiger partial charge in [-0.15, -0.1) is 11.8 Å². The highest BCUT2D eigenvalue weighted by molar-refractivity contribution is 8.08. The first-order chi connectivity index (χ1) is 8.20. The van der Waals surface area contributed by atoms with Gasteiger partial charge in [0, 0.05) is 16.2 Å². The Morgan fingerprint density at radius 1 is 1.29 bits per heavy atom. The molecule has 0 spiro atoms. The summed E-state index contributed by atoms with van der Waals surface area (Å²) in [6, 6.07) is 7.84. The van der Waals surface area contributed by atoms with Crippen molar-refractivity contribution in [1.29, 1.82) is 0 Å². The van der Waals surface area contributed by atoms with Crippen molar-refractivity contribution in [2.75, 3.05) is 12.9 Å². The molecule has 2 rings (SSSR count). The number of primary amides is 1. The normalized spacial score (nSPS) is 14.9. The van der Waals surface area contributed by atoms with Crippen molar-refractivity contribution in [3.8, 4) is 5.75 Å². The Hall–Kier alpha value is -1.68. The predicted octanol–water partition coefficient (Wildman–Crippen LogP) is 2.19. The first kappa shape index (κ1) is 11.8. The number of benzene rings is 1. The maximum Gasteiger partial charge on any atom is 0.245 e. The van der Waals surface area contributed by atoms with Crippen molar-refractivity contribution in [2.45, 2.75) is 0 Å². The molecule has 1 heterocycles. The maximum atomic E-state index is 11.0. The molecule has 0 atom stereocenters. The van der Waals surface area contributed by atoms with E-state index in [4.69, 9.17) is 10.5 Å². The van der Waals surface area contributed by atoms with Crippen LogP contribution in [0, 0.1) is 0 Å². The van der Waals surface area contributed by atoms with Gasteiger partial charge in [-0.05, 0) is 23.8 Å². The summed E-state index contributed by atoms with van der Waals surface area (Å²) >= 11 is 1.62. The molecule has 88 valence electrons. The van der Waals surface area contributed by atoms with E-state index >= 15 is 0 Å². The Bertz CT molecular complexity index is 489. The Morgan fingerprint density at radius 2 is 2.00 bits per heavy atom. The number of rotatable bonds is 3. The first-order valence-electron chi connectivity index (χ1n) is 5.18. The van der Waals surface area contributed by atoms with Crippen LogP contribution in [0.2, 0.25) is 0 Å². The molecule has 2 N–H and O–H groups in total. The van der Waals surface area contributed by atoms with Crippen LogP contribution in [0.5, 0.6) is 5.75 Å². The van der Waals surface area contributed by atoms with Crippen LogP contribution in [0.4, 0.5) is 0 Å². The van der Waals surface area contributed by atoms with E-state index in [-0.39, 0.29) is 5.91 Å². The molecular weight excluding hydrogens is 234 g/mol. The number of allylic oxidation sites excluding steroid dienone is 2. The van der Waals surface area contributed by atoms with Crippen LogP contribution in [-0.2, 0) is 4.79 Å². The summed E-state index contributed by atoms with van der Waals surface area (Å²) in [7, 11) is 1.64. The summed E-state index contributed by atoms with van der Waals surface area (Å²) in [5.41, 5.74) is 7.00. The van der Waals surface area contributed by atoms with Crippen LogP contribution in [0.1, 0.15) is 5.56 Å². The molecule has 17 heavy (non-hydrogen) atoms. The number of carbonyl (C=O) groups is 1. The van der Waals surface area contributed by atoms with E-state index in [9.17, 15) is 4.79 Å². The van der Waals surface area contributed by atoms with Gasteiger partial charge < -0.3 is 10.5 Å². The van der Waals surface area contributed by atoms with Gasteiger partial charge >= 0.3 is 0 Å². The van der Waals surface area contributed by atoms with E-state index in [1.165, 1.54) is 0 Å². The molecule has 0 bridgehead atoms. The largest absolute Gasteiger partial charge is 0.497 e. The highest BCUT2D eigenvalue weighted by Gasteiger charge is 2.12. The summed E-state index contributed by atoms with van der Waals surface area (Å²) in [6.07, 6.45) is 3.72. The second-order valence-electron chi connectivity index (χ2n) is 3.60. The number of amides is 1. The monoisotopic (exact) mass is 247 g/mol. The molecule has 1 aromatic carbocycles. The fourth-order valence-corrected chi connectivity index (χ4v) is 2.53. The third-order valence-corrected chi connectivity index (χ3v) is 3.65. The average Bonchev–Trinajstić information content (AvgIpc) is 2.39. The van der Waals surface area contributed by atoms with Crippen LogP contribution in [0.3, 0.4) is 0 Å². The minimum absolute atomic E-state index is 0.345. The fourth-order valence-electron chi connectivity index (χ4n) is 1.52. The third-order valence-electron chi connectivity index (χ3n) is 2.51. The zero-order chi connectivity index (χ0) is 12.3. The first-order valence-corrected chi connectivity index (χ1v) is 6.17. The standard InChI is InChI=1S/C13H13NO2S/c1-16-11-5-2-9(3-6-11)12-7-4-10(8-17-12)13(14)15/h2-7H,8H2,1H3,(H2,14,15). The number of hydrogen-bond donors (Lipinski definition) is 1. The number of hydrogen-bond acceptors (Lipinski definition) is 3. The quantitative estimate of drug-likeness (QED) is 0.890.